The Morgan fingerprint density at radius 1 is 0.833 bits per heavy atom. The van der Waals surface area contributed by atoms with Gasteiger partial charge in [-0.25, -0.2) is 19.6 Å². The lowest BCUT2D eigenvalue weighted by Gasteiger charge is -2.17. The van der Waals surface area contributed by atoms with Gasteiger partial charge < -0.3 is 41.8 Å². The third kappa shape index (κ3) is 6.25. The number of aliphatic hydroxyl groups is 2. The van der Waals surface area contributed by atoms with Crippen LogP contribution in [0.3, 0.4) is 0 Å². The Morgan fingerprint density at radius 2 is 1.17 bits per heavy atom. The van der Waals surface area contributed by atoms with Crippen LogP contribution in [0.4, 0.5) is 11.6 Å². The van der Waals surface area contributed by atoms with Crippen molar-refractivity contribution in [2.75, 3.05) is 37.9 Å². The standard InChI is InChI=1S/C16H24N6O8/c1-3-29-15(27)7(5-23)19-13(25)9-11(17)22-10(12(18)21-9)14(26)20-8(6-24)16(28)30-4-2/h7-8,23-24H,3-6H2,1-2H3,(H2,18,21)(H2,17,22)(H,19,25)(H,20,26). The van der Waals surface area contributed by atoms with Gasteiger partial charge in [0.25, 0.3) is 11.8 Å². The molecule has 2 amide bonds. The van der Waals surface area contributed by atoms with Gasteiger partial charge in [-0.3, -0.25) is 9.59 Å². The maximum atomic E-state index is 12.3. The van der Waals surface area contributed by atoms with Crippen LogP contribution in [0.25, 0.3) is 0 Å². The van der Waals surface area contributed by atoms with Gasteiger partial charge in [-0.1, -0.05) is 0 Å². The summed E-state index contributed by atoms with van der Waals surface area (Å²) in [6.45, 7) is 1.67. The lowest BCUT2D eigenvalue weighted by molar-refractivity contribution is -0.147. The molecule has 8 N–H and O–H groups in total. The molecule has 0 radical (unpaired) electrons. The second-order valence-corrected chi connectivity index (χ2v) is 5.61. The van der Waals surface area contributed by atoms with E-state index in [1.165, 1.54) is 0 Å². The normalized spacial score (nSPS) is 12.4. The van der Waals surface area contributed by atoms with E-state index in [0.717, 1.165) is 0 Å². The van der Waals surface area contributed by atoms with E-state index in [2.05, 4.69) is 20.6 Å². The molecule has 1 aromatic rings. The molecule has 0 spiro atoms. The highest BCUT2D eigenvalue weighted by Crippen LogP contribution is 2.14. The van der Waals surface area contributed by atoms with Crippen LogP contribution in [0, 0.1) is 0 Å². The van der Waals surface area contributed by atoms with Gasteiger partial charge in [0, 0.05) is 0 Å². The highest BCUT2D eigenvalue weighted by molar-refractivity contribution is 6.02. The van der Waals surface area contributed by atoms with Crippen molar-refractivity contribution in [2.45, 2.75) is 25.9 Å². The molecule has 14 heteroatoms. The number of nitrogens with zero attached hydrogens (tertiary/aromatic N) is 2. The average Bonchev–Trinajstić information content (AvgIpc) is 2.71. The number of ether oxygens (including phenoxy) is 2. The van der Waals surface area contributed by atoms with Gasteiger partial charge in [-0.2, -0.15) is 0 Å². The molecule has 2 unspecified atom stereocenters. The number of rotatable bonds is 10. The topological polar surface area (TPSA) is 229 Å². The molecule has 2 atom stereocenters. The van der Waals surface area contributed by atoms with Crippen LogP contribution in [-0.4, -0.2) is 82.4 Å². The molecule has 0 aliphatic carbocycles. The maximum Gasteiger partial charge on any atom is 0.331 e. The molecular weight excluding hydrogens is 404 g/mol. The second kappa shape index (κ2) is 11.5. The minimum Gasteiger partial charge on any atom is -0.464 e. The third-order valence-electron chi connectivity index (χ3n) is 3.50. The number of nitrogens with one attached hydrogen (secondary N) is 2. The van der Waals surface area contributed by atoms with Crippen molar-refractivity contribution in [3.8, 4) is 0 Å². The van der Waals surface area contributed by atoms with Crippen molar-refractivity contribution < 1.29 is 38.9 Å². The first-order valence-corrected chi connectivity index (χ1v) is 8.79. The first kappa shape index (κ1) is 24.5. The SMILES string of the molecule is CCOC(=O)C(CO)NC(=O)c1nc(N)c(C(=O)NC(CO)C(=O)OCC)nc1N. The number of nitrogens with two attached hydrogens (primary N) is 2. The monoisotopic (exact) mass is 428 g/mol. The van der Waals surface area contributed by atoms with Crippen LogP contribution in [0.15, 0.2) is 0 Å². The number of carbonyl (C=O) groups excluding carboxylic acids is 4. The van der Waals surface area contributed by atoms with E-state index in [1.807, 2.05) is 0 Å². The van der Waals surface area contributed by atoms with Crippen molar-refractivity contribution in [2.24, 2.45) is 0 Å². The molecule has 0 aliphatic rings. The van der Waals surface area contributed by atoms with Crippen LogP contribution in [0.1, 0.15) is 34.8 Å². The van der Waals surface area contributed by atoms with Crippen molar-refractivity contribution >= 4 is 35.4 Å². The van der Waals surface area contributed by atoms with Crippen molar-refractivity contribution in [1.29, 1.82) is 0 Å². The van der Waals surface area contributed by atoms with Crippen LogP contribution in [-0.2, 0) is 19.1 Å². The fourth-order valence-electron chi connectivity index (χ4n) is 2.09. The second-order valence-electron chi connectivity index (χ2n) is 5.61. The number of hydrogen-bond donors (Lipinski definition) is 6. The number of hydrogen-bond acceptors (Lipinski definition) is 12. The summed E-state index contributed by atoms with van der Waals surface area (Å²) in [5.41, 5.74) is 10.3. The average molecular weight is 428 g/mol. The Balaban J connectivity index is 3.02. The molecule has 0 saturated heterocycles. The third-order valence-corrected chi connectivity index (χ3v) is 3.50. The van der Waals surface area contributed by atoms with Gasteiger partial charge in [-0.05, 0) is 13.8 Å². The number of nitrogen functional groups attached to an aromatic ring is 2. The highest BCUT2D eigenvalue weighted by Gasteiger charge is 2.28. The van der Waals surface area contributed by atoms with Crippen LogP contribution in [0.2, 0.25) is 0 Å². The van der Waals surface area contributed by atoms with Crippen LogP contribution >= 0.6 is 0 Å². The highest BCUT2D eigenvalue weighted by atomic mass is 16.5. The Bertz CT molecular complexity index is 736. The van der Waals surface area contributed by atoms with Gasteiger partial charge in [-0.15, -0.1) is 0 Å². The zero-order valence-corrected chi connectivity index (χ0v) is 16.4. The van der Waals surface area contributed by atoms with Gasteiger partial charge in [0.2, 0.25) is 0 Å². The zero-order valence-electron chi connectivity index (χ0n) is 16.4. The Morgan fingerprint density at radius 3 is 1.43 bits per heavy atom. The summed E-state index contributed by atoms with van der Waals surface area (Å²) in [4.78, 5) is 55.3. The predicted octanol–water partition coefficient (Wildman–Crippen LogP) is -3.05. The summed E-state index contributed by atoms with van der Waals surface area (Å²) in [6.07, 6.45) is 0. The lowest BCUT2D eigenvalue weighted by atomic mass is 10.2. The van der Waals surface area contributed by atoms with E-state index in [-0.39, 0.29) is 13.2 Å². The summed E-state index contributed by atoms with van der Waals surface area (Å²) in [5.74, 6) is -4.76. The van der Waals surface area contributed by atoms with E-state index < -0.39 is 72.1 Å². The summed E-state index contributed by atoms with van der Waals surface area (Å²) in [6, 6.07) is -2.75. The molecule has 1 aromatic heterocycles. The molecule has 0 aromatic carbocycles. The molecular formula is C16H24N6O8. The maximum absolute atomic E-state index is 12.3. The van der Waals surface area contributed by atoms with Crippen molar-refractivity contribution in [1.82, 2.24) is 20.6 Å². The number of esters is 2. The van der Waals surface area contributed by atoms with Crippen LogP contribution < -0.4 is 22.1 Å². The number of amides is 2. The first-order valence-electron chi connectivity index (χ1n) is 8.79. The lowest BCUT2D eigenvalue weighted by Crippen LogP contribution is -2.45. The largest absolute Gasteiger partial charge is 0.464 e. The smallest absolute Gasteiger partial charge is 0.331 e. The number of carbonyl (C=O) groups is 4. The van der Waals surface area contributed by atoms with E-state index in [1.54, 1.807) is 13.8 Å². The van der Waals surface area contributed by atoms with E-state index in [4.69, 9.17) is 20.9 Å². The molecule has 0 aliphatic heterocycles. The van der Waals surface area contributed by atoms with Crippen LogP contribution in [0.5, 0.6) is 0 Å². The van der Waals surface area contributed by atoms with Gasteiger partial charge in [0.15, 0.2) is 35.1 Å². The van der Waals surface area contributed by atoms with E-state index in [0.29, 0.717) is 0 Å². The summed E-state index contributed by atoms with van der Waals surface area (Å²) < 4.78 is 9.41. The van der Waals surface area contributed by atoms with Gasteiger partial charge >= 0.3 is 11.9 Å². The molecule has 1 rings (SSSR count). The molecule has 0 saturated carbocycles. The number of aliphatic hydroxyl groups excluding tert-OH is 2. The molecule has 30 heavy (non-hydrogen) atoms. The zero-order chi connectivity index (χ0) is 22.8. The molecule has 166 valence electrons. The quantitative estimate of drug-likeness (QED) is 0.204. The van der Waals surface area contributed by atoms with E-state index >= 15 is 0 Å². The minimum absolute atomic E-state index is 0.0323. The fraction of sp³-hybridized carbons (Fsp3) is 0.500. The summed E-state index contributed by atoms with van der Waals surface area (Å²) in [5, 5.41) is 22.8. The minimum atomic E-state index is -1.38. The molecule has 1 heterocycles. The summed E-state index contributed by atoms with van der Waals surface area (Å²) in [7, 11) is 0. The Hall–Kier alpha value is -3.52. The molecule has 0 fully saturated rings. The van der Waals surface area contributed by atoms with Crippen molar-refractivity contribution in [3.63, 3.8) is 0 Å². The first-order chi connectivity index (χ1) is 14.2. The summed E-state index contributed by atoms with van der Waals surface area (Å²) >= 11 is 0. The van der Waals surface area contributed by atoms with Crippen molar-refractivity contribution in [3.05, 3.63) is 11.4 Å². The number of anilines is 2. The Labute approximate surface area is 170 Å². The number of aromatic nitrogens is 2. The van der Waals surface area contributed by atoms with Gasteiger partial charge in [0.05, 0.1) is 26.4 Å². The Kier molecular flexibility index (Phi) is 9.38. The van der Waals surface area contributed by atoms with Gasteiger partial charge in [0.1, 0.15) is 0 Å². The molecule has 0 bridgehead atoms. The predicted molar refractivity (Wildman–Crippen MR) is 101 cm³/mol. The van der Waals surface area contributed by atoms with E-state index in [9.17, 15) is 29.4 Å². The molecule has 14 nitrogen and oxygen atoms in total. The fourth-order valence-corrected chi connectivity index (χ4v) is 2.09.